The summed E-state index contributed by atoms with van der Waals surface area (Å²) in [6, 6.07) is 14.2. The molecule has 0 saturated heterocycles. The molecule has 6 unspecified atom stereocenters. The molecule has 0 saturated carbocycles. The highest BCUT2D eigenvalue weighted by molar-refractivity contribution is 8.02. The molecule has 2 aromatic carbocycles. The van der Waals surface area contributed by atoms with E-state index in [9.17, 15) is 28.8 Å². The fourth-order valence-electron chi connectivity index (χ4n) is 5.66. The van der Waals surface area contributed by atoms with Crippen LogP contribution in [0.4, 0.5) is 11.4 Å². The lowest BCUT2D eigenvalue weighted by Gasteiger charge is -2.21. The SMILES string of the molecule is CC.CCN(CCNC(=O)c1ccc(NP)cc1)C(=O)CCC(=O)NCCOCCOCCNPP.CCN(CCNC(=O)c1ccc(NP)cc1)C(=O)CCC(=O)NCCOCCOCCNPP. The van der Waals surface area contributed by atoms with Gasteiger partial charge in [-0.05, 0) is 98.0 Å². The highest BCUT2D eigenvalue weighted by Crippen LogP contribution is 2.13. The number of rotatable bonds is 38. The number of likely N-dealkylation sites (N-methyl/N-ethyl adjacent to an activating group) is 2. The molecule has 2 rings (SSSR count). The summed E-state index contributed by atoms with van der Waals surface area (Å²) >= 11 is 0. The maximum absolute atomic E-state index is 12.4. The highest BCUT2D eigenvalue weighted by atomic mass is 32.0. The Morgan fingerprint density at radius 1 is 0.471 bits per heavy atom. The van der Waals surface area contributed by atoms with Crippen molar-refractivity contribution in [3.8, 4) is 0 Å². The number of nitrogens with one attached hydrogen (secondary N) is 8. The quantitative estimate of drug-likeness (QED) is 0.0353. The summed E-state index contributed by atoms with van der Waals surface area (Å²) in [6.07, 6.45) is 0.474. The molecule has 0 heterocycles. The van der Waals surface area contributed by atoms with Crippen LogP contribution in [0.25, 0.3) is 0 Å². The predicted octanol–water partition coefficient (Wildman–Crippen LogP) is 3.77. The predicted molar refractivity (Wildman–Crippen MR) is 300 cm³/mol. The second-order valence-electron chi connectivity index (χ2n) is 14.2. The zero-order valence-corrected chi connectivity index (χ0v) is 48.1. The molecule has 6 atom stereocenters. The van der Waals surface area contributed by atoms with Crippen LogP contribution in [0, 0.1) is 0 Å². The zero-order chi connectivity index (χ0) is 52.0. The number of hydrogen-bond donors (Lipinski definition) is 8. The van der Waals surface area contributed by atoms with Gasteiger partial charge >= 0.3 is 0 Å². The number of amides is 6. The molecule has 398 valence electrons. The third-order valence-corrected chi connectivity index (χ3v) is 12.2. The molecule has 2 aromatic rings. The lowest BCUT2D eigenvalue weighted by molar-refractivity contribution is -0.133. The van der Waals surface area contributed by atoms with E-state index >= 15 is 0 Å². The minimum absolute atomic E-state index is 0.115. The number of anilines is 2. The van der Waals surface area contributed by atoms with Gasteiger partial charge in [-0.2, -0.15) is 0 Å². The molecule has 6 amide bonds. The average molecular weight is 1100 g/mol. The molecule has 70 heavy (non-hydrogen) atoms. The zero-order valence-electron chi connectivity index (χ0n) is 41.5. The van der Waals surface area contributed by atoms with Gasteiger partial charge in [0.15, 0.2) is 0 Å². The summed E-state index contributed by atoms with van der Waals surface area (Å²) in [5.74, 6) is -1.00. The molecule has 8 N–H and O–H groups in total. The van der Waals surface area contributed by atoms with Gasteiger partial charge in [0.05, 0.1) is 52.9 Å². The van der Waals surface area contributed by atoms with Crippen molar-refractivity contribution in [2.75, 3.05) is 128 Å². The van der Waals surface area contributed by atoms with Crippen LogP contribution in [0.3, 0.4) is 0 Å². The number of nitrogens with zero attached hydrogens (tertiary/aromatic N) is 2. The van der Waals surface area contributed by atoms with Gasteiger partial charge in [-0.25, -0.2) is 0 Å². The van der Waals surface area contributed by atoms with Crippen LogP contribution in [0.15, 0.2) is 48.5 Å². The molecule has 0 fully saturated rings. The van der Waals surface area contributed by atoms with Crippen molar-refractivity contribution in [2.45, 2.75) is 53.4 Å². The molecular weight excluding hydrogens is 1010 g/mol. The van der Waals surface area contributed by atoms with Crippen molar-refractivity contribution < 1.29 is 47.7 Å². The van der Waals surface area contributed by atoms with E-state index in [4.69, 9.17) is 18.9 Å². The van der Waals surface area contributed by atoms with Gasteiger partial charge in [-0.15, -0.1) is 0 Å². The normalized spacial score (nSPS) is 10.7. The monoisotopic (exact) mass is 1100 g/mol. The Morgan fingerprint density at radius 2 is 0.800 bits per heavy atom. The molecule has 0 aliphatic heterocycles. The molecule has 0 aliphatic rings. The second-order valence-corrected chi connectivity index (χ2v) is 17.8. The number of ether oxygens (including phenoxy) is 4. The topological polar surface area (TPSA) is 242 Å². The summed E-state index contributed by atoms with van der Waals surface area (Å²) in [5, 5.41) is 23.3. The van der Waals surface area contributed by atoms with Crippen LogP contribution in [0.2, 0.25) is 0 Å². The Balaban J connectivity index is 0.00000131. The minimum atomic E-state index is -0.194. The van der Waals surface area contributed by atoms with Crippen molar-refractivity contribution in [1.29, 1.82) is 0 Å². The van der Waals surface area contributed by atoms with E-state index in [0.717, 1.165) is 24.5 Å². The van der Waals surface area contributed by atoms with E-state index in [1.54, 1.807) is 34.1 Å². The van der Waals surface area contributed by atoms with Gasteiger partial charge in [-0.3, -0.25) is 38.9 Å². The molecule has 26 heteroatoms. The van der Waals surface area contributed by atoms with E-state index in [2.05, 4.69) is 78.3 Å². The fourth-order valence-corrected chi connectivity index (χ4v) is 7.40. The van der Waals surface area contributed by atoms with Crippen molar-refractivity contribution in [3.05, 3.63) is 59.7 Å². The van der Waals surface area contributed by atoms with E-state index in [-0.39, 0.29) is 61.1 Å². The van der Waals surface area contributed by atoms with Crippen molar-refractivity contribution in [1.82, 2.24) is 41.2 Å². The van der Waals surface area contributed by atoms with Gasteiger partial charge in [0.2, 0.25) is 23.6 Å². The highest BCUT2D eigenvalue weighted by Gasteiger charge is 2.16. The molecular formula is C44H82N10O10P6. The fraction of sp³-hybridized carbons (Fsp3) is 0.591. The standard InChI is InChI=1S/2C21H38N5O5P3.C2H6/c2*1-2-26(12-9-23-21(29)17-3-5-18(25-32)6-4-17)20(28)8-7-19(27)22-10-13-30-15-16-31-14-11-24-34-33;1-2/h2*3-6,24-25,34H,2,7-16,32-33H2,1H3,(H,22,27)(H,23,29);1-2H3. The molecule has 20 nitrogen and oxygen atoms in total. The van der Waals surface area contributed by atoms with Crippen molar-refractivity contribution in [3.63, 3.8) is 0 Å². The molecule has 0 spiro atoms. The third kappa shape index (κ3) is 35.3. The Bertz CT molecular complexity index is 1580. The maximum atomic E-state index is 12.4. The second kappa shape index (κ2) is 47.2. The van der Waals surface area contributed by atoms with Crippen LogP contribution in [0.5, 0.6) is 0 Å². The summed E-state index contributed by atoms with van der Waals surface area (Å²) in [5.41, 5.74) is 2.88. The Labute approximate surface area is 429 Å². The number of carbonyl (C=O) groups is 6. The van der Waals surface area contributed by atoms with Crippen LogP contribution in [-0.2, 0) is 38.1 Å². The summed E-state index contributed by atoms with van der Waals surface area (Å²) < 4.78 is 21.6. The van der Waals surface area contributed by atoms with E-state index in [1.165, 1.54) is 0 Å². The van der Waals surface area contributed by atoms with Crippen LogP contribution in [-0.4, -0.2) is 164 Å². The maximum Gasteiger partial charge on any atom is 0.251 e. The van der Waals surface area contributed by atoms with Gasteiger partial charge in [-0.1, -0.05) is 31.7 Å². The number of carbonyl (C=O) groups excluding carboxylic acids is 6. The minimum Gasteiger partial charge on any atom is -0.378 e. The first-order valence-corrected chi connectivity index (χ1v) is 30.3. The van der Waals surface area contributed by atoms with Gasteiger partial charge in [0, 0.05) is 114 Å². The van der Waals surface area contributed by atoms with Gasteiger partial charge in [0.1, 0.15) is 0 Å². The lowest BCUT2D eigenvalue weighted by atomic mass is 10.2. The number of benzene rings is 2. The molecule has 0 radical (unpaired) electrons. The van der Waals surface area contributed by atoms with E-state index in [1.807, 2.05) is 52.0 Å². The van der Waals surface area contributed by atoms with Crippen LogP contribution >= 0.6 is 53.5 Å². The van der Waals surface area contributed by atoms with Crippen molar-refractivity contribution >= 4 is 100 Å². The third-order valence-electron chi connectivity index (χ3n) is 9.39. The molecule has 0 aromatic heterocycles. The first kappa shape index (κ1) is 67.2. The first-order chi connectivity index (χ1) is 34.0. The Hall–Kier alpha value is -2.80. The average Bonchev–Trinajstić information content (AvgIpc) is 3.39. The van der Waals surface area contributed by atoms with Crippen LogP contribution in [0.1, 0.15) is 74.1 Å². The Morgan fingerprint density at radius 3 is 1.10 bits per heavy atom. The number of hydrogen-bond acceptors (Lipinski definition) is 14. The molecule has 0 bridgehead atoms. The Kier molecular flexibility index (Phi) is 45.3. The van der Waals surface area contributed by atoms with Crippen LogP contribution < -0.4 is 41.6 Å². The summed E-state index contributed by atoms with van der Waals surface area (Å²) in [7, 11) is 11.3. The van der Waals surface area contributed by atoms with Gasteiger partial charge < -0.3 is 60.2 Å². The lowest BCUT2D eigenvalue weighted by Crippen LogP contribution is -2.39. The summed E-state index contributed by atoms with van der Waals surface area (Å²) in [6.45, 7) is 16.6. The molecule has 0 aliphatic carbocycles. The van der Waals surface area contributed by atoms with Gasteiger partial charge in [0.25, 0.3) is 11.8 Å². The first-order valence-electron chi connectivity index (χ1n) is 23.5. The van der Waals surface area contributed by atoms with E-state index in [0.29, 0.717) is 133 Å². The smallest absolute Gasteiger partial charge is 0.251 e. The van der Waals surface area contributed by atoms with Crippen molar-refractivity contribution in [2.24, 2.45) is 0 Å². The summed E-state index contributed by atoms with van der Waals surface area (Å²) in [4.78, 5) is 76.5. The largest absolute Gasteiger partial charge is 0.378 e. The van der Waals surface area contributed by atoms with E-state index < -0.39 is 0 Å².